The molecule has 1 aliphatic heterocycles. The van der Waals surface area contributed by atoms with Gasteiger partial charge in [0.1, 0.15) is 11.9 Å². The molecule has 1 amide bonds. The number of hydrogen-bond donors (Lipinski definition) is 0. The molecule has 0 radical (unpaired) electrons. The molecule has 0 saturated carbocycles. The average molecular weight is 498 g/mol. The van der Waals surface area contributed by atoms with Crippen LogP contribution < -0.4 is 4.74 Å². The third-order valence-corrected chi connectivity index (χ3v) is 6.55. The van der Waals surface area contributed by atoms with Crippen molar-refractivity contribution in [3.05, 3.63) is 88.5 Å². The number of methoxy groups -OCH3 is 1. The lowest BCUT2D eigenvalue weighted by molar-refractivity contribution is -0.137. The van der Waals surface area contributed by atoms with Crippen molar-refractivity contribution in [1.29, 1.82) is 0 Å². The van der Waals surface area contributed by atoms with Crippen molar-refractivity contribution in [1.82, 2.24) is 4.90 Å². The predicted molar refractivity (Wildman–Crippen MR) is 133 cm³/mol. The van der Waals surface area contributed by atoms with Crippen LogP contribution in [0.15, 0.2) is 60.7 Å². The summed E-state index contributed by atoms with van der Waals surface area (Å²) in [5.41, 5.74) is 3.93. The number of hydrogen-bond acceptors (Lipinski definition) is 3. The van der Waals surface area contributed by atoms with Crippen molar-refractivity contribution in [2.24, 2.45) is 0 Å². The molecule has 0 spiro atoms. The van der Waals surface area contributed by atoms with Gasteiger partial charge in [-0.25, -0.2) is 4.79 Å². The lowest BCUT2D eigenvalue weighted by atomic mass is 9.92. The monoisotopic (exact) mass is 497 g/mol. The lowest BCUT2D eigenvalue weighted by Crippen LogP contribution is -2.38. The van der Waals surface area contributed by atoms with Crippen LogP contribution in [0.25, 0.3) is 11.1 Å². The van der Waals surface area contributed by atoms with Gasteiger partial charge in [-0.3, -0.25) is 0 Å². The Morgan fingerprint density at radius 1 is 1.06 bits per heavy atom. The Balaban J connectivity index is 1.68. The summed E-state index contributed by atoms with van der Waals surface area (Å²) in [5, 5.41) is 0. The first-order valence-corrected chi connectivity index (χ1v) is 12.0. The molecule has 4 nitrogen and oxygen atoms in total. The standard InChI is InChI=1S/C29H30F3NO3/c1-18(2)20-8-11-27(35-4)25(16-20)24-10-9-23(29(30,31)32)15-22(24)17-33-13-12-26(36-28(33)34)21-7-5-6-19(3)14-21/h5-11,14-16,18,26H,12-13,17H2,1-4H3/t26-/m0/s1. The number of cyclic esters (lactones) is 1. The summed E-state index contributed by atoms with van der Waals surface area (Å²) in [6, 6.07) is 17.2. The number of ether oxygens (including phenoxy) is 2. The molecule has 3 aromatic rings. The van der Waals surface area contributed by atoms with Gasteiger partial charge in [-0.2, -0.15) is 13.2 Å². The van der Waals surface area contributed by atoms with Gasteiger partial charge >= 0.3 is 12.3 Å². The Hall–Kier alpha value is -3.48. The van der Waals surface area contributed by atoms with Crippen LogP contribution in [0.5, 0.6) is 5.75 Å². The molecular weight excluding hydrogens is 467 g/mol. The van der Waals surface area contributed by atoms with E-state index in [2.05, 4.69) is 0 Å². The Bertz CT molecular complexity index is 1250. The fourth-order valence-corrected chi connectivity index (χ4v) is 4.53. The van der Waals surface area contributed by atoms with Crippen molar-refractivity contribution < 1.29 is 27.4 Å². The van der Waals surface area contributed by atoms with E-state index in [-0.39, 0.29) is 18.6 Å². The predicted octanol–water partition coefficient (Wildman–Crippen LogP) is 7.90. The number of rotatable bonds is 6. The number of halogens is 3. The highest BCUT2D eigenvalue weighted by molar-refractivity contribution is 5.76. The zero-order valence-corrected chi connectivity index (χ0v) is 20.9. The number of carbonyl (C=O) groups excluding carboxylic acids is 1. The first-order chi connectivity index (χ1) is 17.1. The van der Waals surface area contributed by atoms with Crippen molar-refractivity contribution in [2.45, 2.75) is 51.9 Å². The molecule has 1 atom stereocenters. The number of alkyl halides is 3. The molecule has 1 saturated heterocycles. The first kappa shape index (κ1) is 25.6. The lowest BCUT2D eigenvalue weighted by Gasteiger charge is -2.32. The van der Waals surface area contributed by atoms with Crippen LogP contribution in [0.1, 0.15) is 60.1 Å². The minimum atomic E-state index is -4.50. The van der Waals surface area contributed by atoms with Crippen LogP contribution in [0.4, 0.5) is 18.0 Å². The summed E-state index contributed by atoms with van der Waals surface area (Å²) < 4.78 is 52.1. The van der Waals surface area contributed by atoms with Crippen molar-refractivity contribution in [3.63, 3.8) is 0 Å². The maximum atomic E-state index is 13.6. The van der Waals surface area contributed by atoms with Gasteiger partial charge in [0.15, 0.2) is 0 Å². The Labute approximate surface area is 209 Å². The molecule has 36 heavy (non-hydrogen) atoms. The smallest absolute Gasteiger partial charge is 0.416 e. The minimum absolute atomic E-state index is 0.00627. The van der Waals surface area contributed by atoms with Gasteiger partial charge in [-0.05, 0) is 59.4 Å². The molecular formula is C29H30F3NO3. The third kappa shape index (κ3) is 5.50. The van der Waals surface area contributed by atoms with Crippen LogP contribution in [0.2, 0.25) is 0 Å². The molecule has 0 N–H and O–H groups in total. The fraction of sp³-hybridized carbons (Fsp3) is 0.345. The summed E-state index contributed by atoms with van der Waals surface area (Å²) in [5.74, 6) is 0.782. The van der Waals surface area contributed by atoms with E-state index in [4.69, 9.17) is 9.47 Å². The van der Waals surface area contributed by atoms with Crippen molar-refractivity contribution >= 4 is 6.09 Å². The highest BCUT2D eigenvalue weighted by Crippen LogP contribution is 2.39. The number of carbonyl (C=O) groups is 1. The number of nitrogens with zero attached hydrogens (tertiary/aromatic N) is 1. The van der Waals surface area contributed by atoms with Gasteiger partial charge in [0.25, 0.3) is 0 Å². The second kappa shape index (κ2) is 10.2. The van der Waals surface area contributed by atoms with E-state index in [1.807, 2.05) is 63.2 Å². The SMILES string of the molecule is COc1ccc(C(C)C)cc1-c1ccc(C(F)(F)F)cc1CN1CC[C@@H](c2cccc(C)c2)OC1=O. The zero-order chi connectivity index (χ0) is 26.0. The molecule has 0 aromatic heterocycles. The Morgan fingerprint density at radius 2 is 1.83 bits per heavy atom. The van der Waals surface area contributed by atoms with E-state index in [9.17, 15) is 18.0 Å². The van der Waals surface area contributed by atoms with E-state index in [1.54, 1.807) is 0 Å². The van der Waals surface area contributed by atoms with E-state index in [1.165, 1.54) is 18.1 Å². The van der Waals surface area contributed by atoms with Crippen LogP contribution in [-0.2, 0) is 17.5 Å². The van der Waals surface area contributed by atoms with Gasteiger partial charge < -0.3 is 14.4 Å². The van der Waals surface area contributed by atoms with Crippen molar-refractivity contribution in [2.75, 3.05) is 13.7 Å². The van der Waals surface area contributed by atoms with Gasteiger partial charge in [0, 0.05) is 25.1 Å². The number of aryl methyl sites for hydroxylation is 1. The molecule has 4 rings (SSSR count). The van der Waals surface area contributed by atoms with Gasteiger partial charge in [-0.15, -0.1) is 0 Å². The molecule has 0 aliphatic carbocycles. The molecule has 190 valence electrons. The largest absolute Gasteiger partial charge is 0.496 e. The van der Waals surface area contributed by atoms with E-state index in [0.717, 1.165) is 28.8 Å². The Kier molecular flexibility index (Phi) is 7.29. The average Bonchev–Trinajstić information content (AvgIpc) is 2.84. The summed E-state index contributed by atoms with van der Waals surface area (Å²) in [6.07, 6.45) is -4.87. The van der Waals surface area contributed by atoms with Crippen LogP contribution in [0, 0.1) is 6.92 Å². The maximum absolute atomic E-state index is 13.6. The molecule has 1 fully saturated rings. The summed E-state index contributed by atoms with van der Waals surface area (Å²) >= 11 is 0. The molecule has 3 aromatic carbocycles. The Morgan fingerprint density at radius 3 is 2.47 bits per heavy atom. The molecule has 0 unspecified atom stereocenters. The highest BCUT2D eigenvalue weighted by atomic mass is 19.4. The van der Waals surface area contributed by atoms with Gasteiger partial charge in [0.05, 0.1) is 12.7 Å². The molecule has 7 heteroatoms. The van der Waals surface area contributed by atoms with E-state index >= 15 is 0 Å². The van der Waals surface area contributed by atoms with Crippen LogP contribution in [-0.4, -0.2) is 24.6 Å². The summed E-state index contributed by atoms with van der Waals surface area (Å²) in [6.45, 7) is 6.43. The summed E-state index contributed by atoms with van der Waals surface area (Å²) in [7, 11) is 1.53. The highest BCUT2D eigenvalue weighted by Gasteiger charge is 2.33. The topological polar surface area (TPSA) is 38.8 Å². The van der Waals surface area contributed by atoms with Gasteiger partial charge in [0.2, 0.25) is 0 Å². The second-order valence-corrected chi connectivity index (χ2v) is 9.48. The van der Waals surface area contributed by atoms with E-state index in [0.29, 0.717) is 35.4 Å². The van der Waals surface area contributed by atoms with E-state index < -0.39 is 17.8 Å². The minimum Gasteiger partial charge on any atom is -0.496 e. The second-order valence-electron chi connectivity index (χ2n) is 9.48. The number of benzene rings is 3. The molecule has 0 bridgehead atoms. The number of amides is 1. The first-order valence-electron chi connectivity index (χ1n) is 12.0. The fourth-order valence-electron chi connectivity index (χ4n) is 4.53. The van der Waals surface area contributed by atoms with Gasteiger partial charge in [-0.1, -0.05) is 55.8 Å². The van der Waals surface area contributed by atoms with Crippen LogP contribution in [0.3, 0.4) is 0 Å². The molecule has 1 heterocycles. The zero-order valence-electron chi connectivity index (χ0n) is 20.9. The quantitative estimate of drug-likeness (QED) is 0.348. The van der Waals surface area contributed by atoms with Crippen LogP contribution >= 0.6 is 0 Å². The normalized spacial score (nSPS) is 16.3. The van der Waals surface area contributed by atoms with Crippen molar-refractivity contribution in [3.8, 4) is 16.9 Å². The maximum Gasteiger partial charge on any atom is 0.416 e. The summed E-state index contributed by atoms with van der Waals surface area (Å²) in [4.78, 5) is 14.4. The third-order valence-electron chi connectivity index (χ3n) is 6.55. The molecule has 1 aliphatic rings.